The molecule has 0 aromatic rings. The number of hydrogen-bond acceptors (Lipinski definition) is 1. The first kappa shape index (κ1) is 21.5. The lowest BCUT2D eigenvalue weighted by atomic mass is 10.1. The Kier molecular flexibility index (Phi) is 18.1. The Morgan fingerprint density at radius 1 is 0.818 bits per heavy atom. The fourth-order valence-corrected chi connectivity index (χ4v) is 2.38. The van der Waals surface area contributed by atoms with Crippen molar-refractivity contribution in [2.75, 3.05) is 13.2 Å². The standard InChI is InChI=1S/C20H35ClO/c1-3-5-6-7-8-9-10-11-12-13-14-15-16-17-18-20(21)19-22-4-2/h5-6,8-9,11-12,20H,3-4,7,10,13-19H2,1-2H3/b6-5-,9-8-,12-11-. The molecule has 0 aliphatic rings. The van der Waals surface area contributed by atoms with Gasteiger partial charge in [0.1, 0.15) is 0 Å². The predicted octanol–water partition coefficient (Wildman–Crippen LogP) is 6.83. The molecule has 0 amide bonds. The van der Waals surface area contributed by atoms with Crippen molar-refractivity contribution in [2.45, 2.75) is 77.0 Å². The molecule has 0 N–H and O–H groups in total. The van der Waals surface area contributed by atoms with Gasteiger partial charge in [0.2, 0.25) is 0 Å². The van der Waals surface area contributed by atoms with Gasteiger partial charge in [0.25, 0.3) is 0 Å². The quantitative estimate of drug-likeness (QED) is 0.182. The second kappa shape index (κ2) is 18.5. The van der Waals surface area contributed by atoms with Gasteiger partial charge in [0.15, 0.2) is 0 Å². The van der Waals surface area contributed by atoms with Crippen LogP contribution in [0.3, 0.4) is 0 Å². The second-order valence-electron chi connectivity index (χ2n) is 5.54. The summed E-state index contributed by atoms with van der Waals surface area (Å²) in [6.07, 6.45) is 24.1. The minimum Gasteiger partial charge on any atom is -0.380 e. The number of rotatable bonds is 15. The molecule has 0 aliphatic heterocycles. The molecule has 0 saturated carbocycles. The molecule has 0 saturated heterocycles. The van der Waals surface area contributed by atoms with Gasteiger partial charge in [-0.3, -0.25) is 0 Å². The van der Waals surface area contributed by atoms with Crippen molar-refractivity contribution in [3.8, 4) is 0 Å². The number of alkyl halides is 1. The fourth-order valence-electron chi connectivity index (χ4n) is 2.14. The van der Waals surface area contributed by atoms with E-state index in [1.54, 1.807) is 0 Å². The van der Waals surface area contributed by atoms with Crippen molar-refractivity contribution in [1.82, 2.24) is 0 Å². The van der Waals surface area contributed by atoms with Gasteiger partial charge in [-0.25, -0.2) is 0 Å². The average molecular weight is 327 g/mol. The molecule has 0 aromatic carbocycles. The molecule has 0 rings (SSSR count). The summed E-state index contributed by atoms with van der Waals surface area (Å²) in [4.78, 5) is 0. The van der Waals surface area contributed by atoms with Crippen LogP contribution in [0.2, 0.25) is 0 Å². The zero-order valence-electron chi connectivity index (χ0n) is 14.6. The first-order valence-electron chi connectivity index (χ1n) is 8.98. The van der Waals surface area contributed by atoms with Crippen LogP contribution in [0.15, 0.2) is 36.5 Å². The van der Waals surface area contributed by atoms with Crippen LogP contribution in [0.25, 0.3) is 0 Å². The second-order valence-corrected chi connectivity index (χ2v) is 6.16. The highest BCUT2D eigenvalue weighted by molar-refractivity contribution is 6.20. The number of ether oxygens (including phenoxy) is 1. The van der Waals surface area contributed by atoms with Gasteiger partial charge < -0.3 is 4.74 Å². The van der Waals surface area contributed by atoms with Crippen molar-refractivity contribution >= 4 is 11.6 Å². The molecule has 2 heteroatoms. The van der Waals surface area contributed by atoms with Gasteiger partial charge in [0.05, 0.1) is 12.0 Å². The van der Waals surface area contributed by atoms with Crippen molar-refractivity contribution in [3.05, 3.63) is 36.5 Å². The predicted molar refractivity (Wildman–Crippen MR) is 101 cm³/mol. The Labute approximate surface area is 143 Å². The normalized spacial score (nSPS) is 13.8. The molecule has 128 valence electrons. The van der Waals surface area contributed by atoms with E-state index < -0.39 is 0 Å². The summed E-state index contributed by atoms with van der Waals surface area (Å²) in [6.45, 7) is 5.64. The van der Waals surface area contributed by atoms with Crippen LogP contribution < -0.4 is 0 Å². The van der Waals surface area contributed by atoms with Gasteiger partial charge >= 0.3 is 0 Å². The van der Waals surface area contributed by atoms with E-state index in [0.717, 1.165) is 32.3 Å². The highest BCUT2D eigenvalue weighted by Gasteiger charge is 2.03. The summed E-state index contributed by atoms with van der Waals surface area (Å²) in [5.74, 6) is 0. The number of hydrogen-bond donors (Lipinski definition) is 0. The first-order valence-corrected chi connectivity index (χ1v) is 9.41. The van der Waals surface area contributed by atoms with Gasteiger partial charge in [-0.15, -0.1) is 11.6 Å². The van der Waals surface area contributed by atoms with E-state index in [9.17, 15) is 0 Å². The van der Waals surface area contributed by atoms with E-state index >= 15 is 0 Å². The lowest BCUT2D eigenvalue weighted by molar-refractivity contribution is 0.145. The van der Waals surface area contributed by atoms with Crippen LogP contribution in [0.5, 0.6) is 0 Å². The van der Waals surface area contributed by atoms with Gasteiger partial charge in [-0.05, 0) is 45.4 Å². The van der Waals surface area contributed by atoms with Gasteiger partial charge in [-0.1, -0.05) is 62.6 Å². The molecule has 0 spiro atoms. The molecule has 0 heterocycles. The molecule has 1 atom stereocenters. The Balaban J connectivity index is 3.28. The van der Waals surface area contributed by atoms with Crippen LogP contribution >= 0.6 is 11.6 Å². The van der Waals surface area contributed by atoms with Crippen LogP contribution in [0.1, 0.15) is 71.6 Å². The molecule has 0 fully saturated rings. The molecule has 0 bridgehead atoms. The number of halogens is 1. The SMILES string of the molecule is CC/C=C\C/C=C\C/C=C\CCCCCCC(Cl)COCC. The molecule has 22 heavy (non-hydrogen) atoms. The third-order valence-electron chi connectivity index (χ3n) is 3.42. The maximum absolute atomic E-state index is 6.16. The summed E-state index contributed by atoms with van der Waals surface area (Å²) < 4.78 is 5.31. The summed E-state index contributed by atoms with van der Waals surface area (Å²) in [7, 11) is 0. The number of allylic oxidation sites excluding steroid dienone is 6. The maximum Gasteiger partial charge on any atom is 0.0629 e. The van der Waals surface area contributed by atoms with E-state index in [-0.39, 0.29) is 5.38 Å². The van der Waals surface area contributed by atoms with Crippen LogP contribution in [0, 0.1) is 0 Å². The summed E-state index contributed by atoms with van der Waals surface area (Å²) in [6, 6.07) is 0. The van der Waals surface area contributed by atoms with E-state index in [0.29, 0.717) is 6.61 Å². The molecule has 0 radical (unpaired) electrons. The largest absolute Gasteiger partial charge is 0.380 e. The summed E-state index contributed by atoms with van der Waals surface area (Å²) >= 11 is 6.16. The van der Waals surface area contributed by atoms with Gasteiger partial charge in [-0.2, -0.15) is 0 Å². The first-order chi connectivity index (χ1) is 10.8. The Hall–Kier alpha value is -0.530. The van der Waals surface area contributed by atoms with Gasteiger partial charge in [0, 0.05) is 6.61 Å². The van der Waals surface area contributed by atoms with E-state index in [1.807, 2.05) is 6.92 Å². The third kappa shape index (κ3) is 17.5. The third-order valence-corrected chi connectivity index (χ3v) is 3.77. The highest BCUT2D eigenvalue weighted by atomic mass is 35.5. The minimum absolute atomic E-state index is 0.193. The van der Waals surface area contributed by atoms with Crippen LogP contribution in [-0.2, 0) is 4.74 Å². The molecule has 1 unspecified atom stereocenters. The van der Waals surface area contributed by atoms with Crippen molar-refractivity contribution < 1.29 is 4.74 Å². The van der Waals surface area contributed by atoms with Crippen molar-refractivity contribution in [3.63, 3.8) is 0 Å². The van der Waals surface area contributed by atoms with E-state index in [1.165, 1.54) is 32.1 Å². The molecule has 1 nitrogen and oxygen atoms in total. The van der Waals surface area contributed by atoms with Crippen molar-refractivity contribution in [1.29, 1.82) is 0 Å². The van der Waals surface area contributed by atoms with Crippen LogP contribution in [0.4, 0.5) is 0 Å². The lowest BCUT2D eigenvalue weighted by Gasteiger charge is -2.08. The van der Waals surface area contributed by atoms with Crippen LogP contribution in [-0.4, -0.2) is 18.6 Å². The zero-order chi connectivity index (χ0) is 16.3. The molecular formula is C20H35ClO. The Morgan fingerprint density at radius 2 is 1.45 bits per heavy atom. The molecule has 0 aromatic heterocycles. The summed E-state index contributed by atoms with van der Waals surface area (Å²) in [5, 5.41) is 0.193. The zero-order valence-corrected chi connectivity index (χ0v) is 15.4. The van der Waals surface area contributed by atoms with Crippen molar-refractivity contribution in [2.24, 2.45) is 0 Å². The highest BCUT2D eigenvalue weighted by Crippen LogP contribution is 2.11. The monoisotopic (exact) mass is 326 g/mol. The average Bonchev–Trinajstić information content (AvgIpc) is 2.53. The molecule has 0 aliphatic carbocycles. The molecular weight excluding hydrogens is 292 g/mol. The Morgan fingerprint density at radius 3 is 2.14 bits per heavy atom. The minimum atomic E-state index is 0.193. The summed E-state index contributed by atoms with van der Waals surface area (Å²) in [5.41, 5.74) is 0. The Bertz CT molecular complexity index is 294. The lowest BCUT2D eigenvalue weighted by Crippen LogP contribution is -2.08. The smallest absolute Gasteiger partial charge is 0.0629 e. The number of unbranched alkanes of at least 4 members (excludes halogenated alkanes) is 4. The van der Waals surface area contributed by atoms with E-state index in [4.69, 9.17) is 16.3 Å². The van der Waals surface area contributed by atoms with E-state index in [2.05, 4.69) is 43.4 Å². The maximum atomic E-state index is 6.16. The topological polar surface area (TPSA) is 9.23 Å². The fraction of sp³-hybridized carbons (Fsp3) is 0.700.